The molecule has 1 aromatic carbocycles. The van der Waals surface area contributed by atoms with Gasteiger partial charge in [0.2, 0.25) is 5.95 Å². The molecule has 0 aliphatic heterocycles. The summed E-state index contributed by atoms with van der Waals surface area (Å²) >= 11 is 0. The van der Waals surface area contributed by atoms with Crippen molar-refractivity contribution < 1.29 is 15.3 Å². The summed E-state index contributed by atoms with van der Waals surface area (Å²) in [6.07, 6.45) is 1.30. The van der Waals surface area contributed by atoms with Crippen LogP contribution in [0.1, 0.15) is 5.56 Å². The number of anilines is 1. The highest BCUT2D eigenvalue weighted by Gasteiger charge is 2.18. The highest BCUT2D eigenvalue weighted by atomic mass is 16.3. The second-order valence-electron chi connectivity index (χ2n) is 5.80. The third-order valence-corrected chi connectivity index (χ3v) is 4.05. The number of hydrogen-bond acceptors (Lipinski definition) is 8. The number of benzene rings is 1. The topological polar surface area (TPSA) is 147 Å². The molecule has 0 atom stereocenters. The fourth-order valence-corrected chi connectivity index (χ4v) is 2.65. The fraction of sp³-hybridized carbons (Fsp3) is 0.250. The van der Waals surface area contributed by atoms with Crippen molar-refractivity contribution in [2.45, 2.75) is 6.54 Å². The van der Waals surface area contributed by atoms with Gasteiger partial charge in [0.25, 0.3) is 5.56 Å². The van der Waals surface area contributed by atoms with Crippen molar-refractivity contribution in [3.8, 4) is 11.5 Å². The molecule has 0 radical (unpaired) electrons. The van der Waals surface area contributed by atoms with Gasteiger partial charge in [-0.05, 0) is 12.1 Å². The molecule has 3 aromatic rings. The first-order valence-electron chi connectivity index (χ1n) is 7.93. The van der Waals surface area contributed by atoms with Gasteiger partial charge in [0.15, 0.2) is 11.2 Å². The maximum Gasteiger partial charge on any atom is 0.332 e. The first kappa shape index (κ1) is 18.2. The Bertz CT molecular complexity index is 1160. The monoisotopic (exact) mass is 374 g/mol. The van der Waals surface area contributed by atoms with E-state index in [1.54, 1.807) is 0 Å². The molecule has 11 heteroatoms. The molecule has 0 saturated carbocycles. The number of rotatable bonds is 5. The Morgan fingerprint density at radius 1 is 1.22 bits per heavy atom. The van der Waals surface area contributed by atoms with Gasteiger partial charge in [-0.2, -0.15) is 10.1 Å². The summed E-state index contributed by atoms with van der Waals surface area (Å²) in [6, 6.07) is 4.02. The number of aromatic hydroxyl groups is 2. The van der Waals surface area contributed by atoms with Crippen molar-refractivity contribution in [3.63, 3.8) is 0 Å². The minimum absolute atomic E-state index is 0.0618. The molecular weight excluding hydrogens is 356 g/mol. The smallest absolute Gasteiger partial charge is 0.332 e. The summed E-state index contributed by atoms with van der Waals surface area (Å²) in [6.45, 7) is -0.194. The quantitative estimate of drug-likeness (QED) is 0.340. The second-order valence-corrected chi connectivity index (χ2v) is 5.80. The maximum absolute atomic E-state index is 12.5. The van der Waals surface area contributed by atoms with Crippen LogP contribution >= 0.6 is 0 Å². The van der Waals surface area contributed by atoms with Crippen LogP contribution in [0.3, 0.4) is 0 Å². The zero-order chi connectivity index (χ0) is 19.7. The number of nitrogens with zero attached hydrogens (tertiary/aromatic N) is 5. The molecule has 0 fully saturated rings. The van der Waals surface area contributed by atoms with Crippen LogP contribution in [-0.4, -0.2) is 46.8 Å². The van der Waals surface area contributed by atoms with Crippen LogP contribution in [0.15, 0.2) is 32.9 Å². The molecule has 3 rings (SSSR count). The van der Waals surface area contributed by atoms with Gasteiger partial charge < -0.3 is 19.9 Å². The van der Waals surface area contributed by atoms with Gasteiger partial charge >= 0.3 is 5.69 Å². The molecule has 0 amide bonds. The van der Waals surface area contributed by atoms with Crippen molar-refractivity contribution in [1.29, 1.82) is 0 Å². The molecule has 4 N–H and O–H groups in total. The van der Waals surface area contributed by atoms with Crippen molar-refractivity contribution in [3.05, 3.63) is 44.6 Å². The lowest BCUT2D eigenvalue weighted by Crippen LogP contribution is -2.37. The molecule has 11 nitrogen and oxygen atoms in total. The van der Waals surface area contributed by atoms with Crippen LogP contribution in [0, 0.1) is 0 Å². The van der Waals surface area contributed by atoms with E-state index in [1.165, 1.54) is 47.6 Å². The van der Waals surface area contributed by atoms with E-state index in [0.29, 0.717) is 5.56 Å². The Balaban J connectivity index is 2.06. The molecule has 0 bridgehead atoms. The summed E-state index contributed by atoms with van der Waals surface area (Å²) in [7, 11) is 2.85. The summed E-state index contributed by atoms with van der Waals surface area (Å²) in [5.74, 6) is -0.105. The lowest BCUT2D eigenvalue weighted by Gasteiger charge is -2.07. The van der Waals surface area contributed by atoms with E-state index in [2.05, 4.69) is 15.5 Å². The van der Waals surface area contributed by atoms with Gasteiger partial charge in [-0.3, -0.25) is 13.9 Å². The molecule has 2 heterocycles. The lowest BCUT2D eigenvalue weighted by molar-refractivity contribution is 0.278. The minimum Gasteiger partial charge on any atom is -0.508 e. The highest BCUT2D eigenvalue weighted by Crippen LogP contribution is 2.21. The lowest BCUT2D eigenvalue weighted by atomic mass is 10.2. The molecule has 0 spiro atoms. The number of aliphatic hydroxyl groups excluding tert-OH is 1. The number of hydrazone groups is 1. The predicted molar refractivity (Wildman–Crippen MR) is 98.3 cm³/mol. The summed E-state index contributed by atoms with van der Waals surface area (Å²) in [5.41, 5.74) is 2.23. The predicted octanol–water partition coefficient (Wildman–Crippen LogP) is -0.717. The van der Waals surface area contributed by atoms with Gasteiger partial charge in [-0.1, -0.05) is 0 Å². The number of phenolic OH excluding ortho intramolecular Hbond substituents is 2. The molecule has 0 aliphatic carbocycles. The largest absolute Gasteiger partial charge is 0.508 e. The zero-order valence-corrected chi connectivity index (χ0v) is 14.6. The molecule has 0 aliphatic rings. The van der Waals surface area contributed by atoms with Crippen LogP contribution in [0.2, 0.25) is 0 Å². The Labute approximate surface area is 152 Å². The number of aromatic nitrogens is 4. The van der Waals surface area contributed by atoms with E-state index in [4.69, 9.17) is 0 Å². The van der Waals surface area contributed by atoms with Crippen LogP contribution in [0.4, 0.5) is 5.95 Å². The number of aliphatic hydroxyl groups is 1. The summed E-state index contributed by atoms with van der Waals surface area (Å²) < 4.78 is 3.61. The third-order valence-electron chi connectivity index (χ3n) is 4.05. The number of fused-ring (bicyclic) bond motifs is 1. The average Bonchev–Trinajstić information content (AvgIpc) is 2.99. The van der Waals surface area contributed by atoms with Crippen LogP contribution in [0.5, 0.6) is 11.5 Å². The van der Waals surface area contributed by atoms with Crippen molar-refractivity contribution in [2.24, 2.45) is 19.2 Å². The molecule has 2 aromatic heterocycles. The van der Waals surface area contributed by atoms with E-state index in [1.807, 2.05) is 0 Å². The van der Waals surface area contributed by atoms with E-state index in [0.717, 1.165) is 4.57 Å². The third kappa shape index (κ3) is 3.15. The molecule has 142 valence electrons. The number of phenols is 2. The first-order chi connectivity index (χ1) is 12.8. The van der Waals surface area contributed by atoms with Gasteiger partial charge in [0, 0.05) is 32.3 Å². The SMILES string of the molecule is Cn1c(=O)c2c(nc(N/N=C/c3ccc(O)cc3O)n2CCO)n(C)c1=O. The van der Waals surface area contributed by atoms with Crippen molar-refractivity contribution in [1.82, 2.24) is 18.7 Å². The highest BCUT2D eigenvalue weighted by molar-refractivity contribution is 5.84. The van der Waals surface area contributed by atoms with Crippen LogP contribution < -0.4 is 16.7 Å². The average molecular weight is 374 g/mol. The van der Waals surface area contributed by atoms with Crippen LogP contribution in [0.25, 0.3) is 11.2 Å². The van der Waals surface area contributed by atoms with Crippen molar-refractivity contribution in [2.75, 3.05) is 12.0 Å². The summed E-state index contributed by atoms with van der Waals surface area (Å²) in [5, 5.41) is 32.3. The van der Waals surface area contributed by atoms with Gasteiger partial charge in [-0.15, -0.1) is 0 Å². The van der Waals surface area contributed by atoms with Crippen LogP contribution in [-0.2, 0) is 20.6 Å². The second kappa shape index (κ2) is 6.96. The van der Waals surface area contributed by atoms with E-state index < -0.39 is 11.2 Å². The number of imidazole rings is 1. The molecule has 27 heavy (non-hydrogen) atoms. The number of aryl methyl sites for hydroxylation is 1. The molecule has 0 saturated heterocycles. The van der Waals surface area contributed by atoms with E-state index >= 15 is 0 Å². The van der Waals surface area contributed by atoms with Gasteiger partial charge in [0.1, 0.15) is 11.5 Å². The Kier molecular flexibility index (Phi) is 4.69. The minimum atomic E-state index is -0.540. The fourth-order valence-electron chi connectivity index (χ4n) is 2.65. The Morgan fingerprint density at radius 3 is 2.63 bits per heavy atom. The maximum atomic E-state index is 12.5. The van der Waals surface area contributed by atoms with Crippen molar-refractivity contribution >= 4 is 23.3 Å². The number of nitrogens with one attached hydrogen (secondary N) is 1. The zero-order valence-electron chi connectivity index (χ0n) is 14.6. The first-order valence-corrected chi connectivity index (χ1v) is 7.93. The summed E-state index contributed by atoms with van der Waals surface area (Å²) in [4.78, 5) is 28.8. The van der Waals surface area contributed by atoms with Gasteiger partial charge in [0.05, 0.1) is 12.8 Å². The number of hydrogen-bond donors (Lipinski definition) is 4. The van der Waals surface area contributed by atoms with E-state index in [9.17, 15) is 24.9 Å². The van der Waals surface area contributed by atoms with Gasteiger partial charge in [-0.25, -0.2) is 10.2 Å². The normalized spacial score (nSPS) is 11.5. The molecular formula is C16H18N6O5. The molecule has 0 unspecified atom stereocenters. The van der Waals surface area contributed by atoms with E-state index in [-0.39, 0.29) is 41.8 Å². The standard InChI is InChI=1S/C16H18N6O5/c1-20-13-12(14(26)21(2)16(20)27)22(5-6-23)15(18-13)19-17-8-9-3-4-10(24)7-11(9)25/h3-4,7-8,23-25H,5-6H2,1-2H3,(H,18,19)/b17-8+. The Morgan fingerprint density at radius 2 is 1.96 bits per heavy atom. The Hall–Kier alpha value is -3.60.